The fourth-order valence-corrected chi connectivity index (χ4v) is 2.54. The van der Waals surface area contributed by atoms with Crippen LogP contribution in [0.15, 0.2) is 72.9 Å². The molecule has 0 unspecified atom stereocenters. The molecule has 0 aliphatic carbocycles. The average molecular weight is 348 g/mol. The molecule has 3 aromatic rings. The van der Waals surface area contributed by atoms with Crippen molar-refractivity contribution < 1.29 is 4.74 Å². The number of aromatic nitrogens is 2. The van der Waals surface area contributed by atoms with E-state index in [0.29, 0.717) is 19.1 Å². The van der Waals surface area contributed by atoms with Crippen molar-refractivity contribution >= 4 is 11.8 Å². The van der Waals surface area contributed by atoms with Crippen molar-refractivity contribution in [2.45, 2.75) is 12.8 Å². The molecule has 0 fully saturated rings. The Hall–Kier alpha value is -3.08. The minimum absolute atomic E-state index is 0.558. The number of rotatable bonds is 10. The maximum absolute atomic E-state index is 5.65. The first-order valence-corrected chi connectivity index (χ1v) is 8.93. The lowest BCUT2D eigenvalue weighted by molar-refractivity contribution is 0.332. The van der Waals surface area contributed by atoms with E-state index in [0.717, 1.165) is 31.0 Å². The second kappa shape index (κ2) is 10.0. The molecular formula is C21H24N4O. The van der Waals surface area contributed by atoms with E-state index >= 15 is 0 Å². The van der Waals surface area contributed by atoms with Crippen LogP contribution in [0.4, 0.5) is 11.8 Å². The zero-order valence-corrected chi connectivity index (χ0v) is 14.8. The third kappa shape index (κ3) is 6.09. The smallest absolute Gasteiger partial charge is 0.224 e. The van der Waals surface area contributed by atoms with Crippen LogP contribution in [0, 0.1) is 0 Å². The molecule has 26 heavy (non-hydrogen) atoms. The van der Waals surface area contributed by atoms with E-state index in [1.54, 1.807) is 6.20 Å². The SMILES string of the molecule is c1ccc(CCCNc2ccnc(NCCOc3ccccc3)n2)cc1. The molecule has 0 aliphatic rings. The Balaban J connectivity index is 1.36. The number of nitrogens with one attached hydrogen (secondary N) is 2. The minimum Gasteiger partial charge on any atom is -0.492 e. The summed E-state index contributed by atoms with van der Waals surface area (Å²) in [4.78, 5) is 8.71. The van der Waals surface area contributed by atoms with Crippen LogP contribution in [-0.2, 0) is 6.42 Å². The number of benzene rings is 2. The molecule has 0 saturated carbocycles. The van der Waals surface area contributed by atoms with Gasteiger partial charge in [0.05, 0.1) is 6.54 Å². The second-order valence-corrected chi connectivity index (χ2v) is 5.87. The van der Waals surface area contributed by atoms with Crippen LogP contribution in [0.2, 0.25) is 0 Å². The number of hydrogen-bond acceptors (Lipinski definition) is 5. The Labute approximate surface area is 154 Å². The van der Waals surface area contributed by atoms with Crippen LogP contribution in [0.1, 0.15) is 12.0 Å². The van der Waals surface area contributed by atoms with E-state index in [1.807, 2.05) is 42.5 Å². The normalized spacial score (nSPS) is 10.3. The Kier molecular flexibility index (Phi) is 6.84. The number of hydrogen-bond donors (Lipinski definition) is 2. The Morgan fingerprint density at radius 3 is 2.38 bits per heavy atom. The minimum atomic E-state index is 0.558. The van der Waals surface area contributed by atoms with Gasteiger partial charge < -0.3 is 15.4 Å². The van der Waals surface area contributed by atoms with Crippen LogP contribution in [-0.4, -0.2) is 29.7 Å². The van der Waals surface area contributed by atoms with Crippen molar-refractivity contribution in [2.24, 2.45) is 0 Å². The van der Waals surface area contributed by atoms with E-state index < -0.39 is 0 Å². The maximum Gasteiger partial charge on any atom is 0.224 e. The molecule has 3 rings (SSSR count). The largest absolute Gasteiger partial charge is 0.492 e. The molecule has 0 atom stereocenters. The van der Waals surface area contributed by atoms with Crippen LogP contribution >= 0.6 is 0 Å². The lowest BCUT2D eigenvalue weighted by Gasteiger charge is -2.09. The molecule has 0 amide bonds. The van der Waals surface area contributed by atoms with Gasteiger partial charge in [-0.05, 0) is 36.6 Å². The molecule has 5 heteroatoms. The summed E-state index contributed by atoms with van der Waals surface area (Å²) in [7, 11) is 0. The van der Waals surface area contributed by atoms with Crippen LogP contribution in [0.5, 0.6) is 5.75 Å². The third-order valence-electron chi connectivity index (χ3n) is 3.84. The van der Waals surface area contributed by atoms with E-state index in [2.05, 4.69) is 44.9 Å². The molecule has 134 valence electrons. The molecule has 0 bridgehead atoms. The first-order chi connectivity index (χ1) is 12.9. The van der Waals surface area contributed by atoms with Crippen LogP contribution < -0.4 is 15.4 Å². The molecule has 1 heterocycles. The van der Waals surface area contributed by atoms with Crippen LogP contribution in [0.25, 0.3) is 0 Å². The van der Waals surface area contributed by atoms with Gasteiger partial charge in [0.25, 0.3) is 0 Å². The first-order valence-electron chi connectivity index (χ1n) is 8.93. The van der Waals surface area contributed by atoms with E-state index in [4.69, 9.17) is 4.74 Å². The lowest BCUT2D eigenvalue weighted by atomic mass is 10.1. The van der Waals surface area contributed by atoms with Gasteiger partial charge in [0.2, 0.25) is 5.95 Å². The number of para-hydroxylation sites is 1. The summed E-state index contributed by atoms with van der Waals surface area (Å²) in [5, 5.41) is 6.53. The third-order valence-corrected chi connectivity index (χ3v) is 3.84. The predicted octanol–water partition coefficient (Wildman–Crippen LogP) is 4.01. The number of anilines is 2. The molecule has 1 aromatic heterocycles. The highest BCUT2D eigenvalue weighted by atomic mass is 16.5. The second-order valence-electron chi connectivity index (χ2n) is 5.87. The average Bonchev–Trinajstić information content (AvgIpc) is 2.71. The van der Waals surface area contributed by atoms with E-state index in [9.17, 15) is 0 Å². The van der Waals surface area contributed by atoms with Crippen LogP contribution in [0.3, 0.4) is 0 Å². The summed E-state index contributed by atoms with van der Waals surface area (Å²) in [5.74, 6) is 2.30. The van der Waals surface area contributed by atoms with Crippen molar-refractivity contribution in [1.29, 1.82) is 0 Å². The molecule has 0 saturated heterocycles. The first kappa shape index (κ1) is 17.7. The monoisotopic (exact) mass is 348 g/mol. The van der Waals surface area contributed by atoms with Gasteiger partial charge in [-0.15, -0.1) is 0 Å². The van der Waals surface area contributed by atoms with Gasteiger partial charge in [0.1, 0.15) is 18.2 Å². The van der Waals surface area contributed by atoms with Gasteiger partial charge in [-0.25, -0.2) is 4.98 Å². The van der Waals surface area contributed by atoms with Gasteiger partial charge >= 0.3 is 0 Å². The molecule has 0 aliphatic heterocycles. The highest BCUT2D eigenvalue weighted by Crippen LogP contribution is 2.09. The molecule has 5 nitrogen and oxygen atoms in total. The molecule has 2 aromatic carbocycles. The molecule has 0 spiro atoms. The van der Waals surface area contributed by atoms with Crippen molar-refractivity contribution in [3.63, 3.8) is 0 Å². The Bertz CT molecular complexity index is 702. The quantitative estimate of drug-likeness (QED) is 0.542. The molecule has 2 N–H and O–H groups in total. The van der Waals surface area contributed by atoms with Gasteiger partial charge in [-0.1, -0.05) is 48.5 Å². The maximum atomic E-state index is 5.65. The number of ether oxygens (including phenoxy) is 1. The fraction of sp³-hybridized carbons (Fsp3) is 0.238. The fourth-order valence-electron chi connectivity index (χ4n) is 2.54. The standard InChI is InChI=1S/C21H24N4O/c1-3-8-18(9-4-1)10-7-14-22-20-13-15-23-21(25-20)24-16-17-26-19-11-5-2-6-12-19/h1-6,8-9,11-13,15H,7,10,14,16-17H2,(H2,22,23,24,25). The van der Waals surface area contributed by atoms with Crippen molar-refractivity contribution in [1.82, 2.24) is 9.97 Å². The van der Waals surface area contributed by atoms with E-state index in [1.165, 1.54) is 5.56 Å². The van der Waals surface area contributed by atoms with Gasteiger partial charge in [0.15, 0.2) is 0 Å². The summed E-state index contributed by atoms with van der Waals surface area (Å²) in [6.07, 6.45) is 3.87. The number of nitrogens with zero attached hydrogens (tertiary/aromatic N) is 2. The highest BCUT2D eigenvalue weighted by molar-refractivity contribution is 5.39. The zero-order valence-electron chi connectivity index (χ0n) is 14.8. The highest BCUT2D eigenvalue weighted by Gasteiger charge is 1.99. The summed E-state index contributed by atoms with van der Waals surface area (Å²) in [5.41, 5.74) is 1.36. The Morgan fingerprint density at radius 1 is 0.808 bits per heavy atom. The predicted molar refractivity (Wildman–Crippen MR) is 106 cm³/mol. The summed E-state index contributed by atoms with van der Waals surface area (Å²) in [6, 6.07) is 22.2. The molecular weight excluding hydrogens is 324 g/mol. The van der Waals surface area contributed by atoms with Gasteiger partial charge in [-0.2, -0.15) is 4.98 Å². The number of aryl methyl sites for hydroxylation is 1. The van der Waals surface area contributed by atoms with Gasteiger partial charge in [0, 0.05) is 12.7 Å². The zero-order chi connectivity index (χ0) is 17.9. The van der Waals surface area contributed by atoms with Crippen molar-refractivity contribution in [3.8, 4) is 5.75 Å². The summed E-state index contributed by atoms with van der Waals surface area (Å²) >= 11 is 0. The van der Waals surface area contributed by atoms with E-state index in [-0.39, 0.29) is 0 Å². The van der Waals surface area contributed by atoms with Crippen molar-refractivity contribution in [3.05, 3.63) is 78.5 Å². The molecule has 0 radical (unpaired) electrons. The lowest BCUT2D eigenvalue weighted by Crippen LogP contribution is -2.14. The Morgan fingerprint density at radius 2 is 1.58 bits per heavy atom. The summed E-state index contributed by atoms with van der Waals surface area (Å²) < 4.78 is 5.65. The van der Waals surface area contributed by atoms with Gasteiger partial charge in [-0.3, -0.25) is 0 Å². The summed E-state index contributed by atoms with van der Waals surface area (Å²) in [6.45, 7) is 2.08. The van der Waals surface area contributed by atoms with Crippen molar-refractivity contribution in [2.75, 3.05) is 30.3 Å². The topological polar surface area (TPSA) is 59.1 Å².